The smallest absolute Gasteiger partial charge is 0.312 e. The average Bonchev–Trinajstić information content (AvgIpc) is 3.13. The summed E-state index contributed by atoms with van der Waals surface area (Å²) in [6.07, 6.45) is 2.61. The molecule has 0 unspecified atom stereocenters. The molecule has 2 saturated heterocycles. The maximum absolute atomic E-state index is 13.5. The second-order valence-corrected chi connectivity index (χ2v) is 14.5. The number of sulfonamides is 1. The van der Waals surface area contributed by atoms with E-state index in [-0.39, 0.29) is 22.6 Å². The van der Waals surface area contributed by atoms with Crippen LogP contribution >= 0.6 is 0 Å². The van der Waals surface area contributed by atoms with Crippen molar-refractivity contribution in [1.82, 2.24) is 19.8 Å². The highest BCUT2D eigenvalue weighted by Gasteiger charge is 2.27. The fourth-order valence-electron chi connectivity index (χ4n) is 6.66. The van der Waals surface area contributed by atoms with Gasteiger partial charge < -0.3 is 14.5 Å². The van der Waals surface area contributed by atoms with Gasteiger partial charge >= 0.3 is 5.69 Å². The summed E-state index contributed by atoms with van der Waals surface area (Å²) in [4.78, 5) is 26.6. The molecule has 13 heteroatoms. The van der Waals surface area contributed by atoms with Gasteiger partial charge in [-0.3, -0.25) is 19.7 Å². The molecule has 0 aliphatic carbocycles. The van der Waals surface area contributed by atoms with Gasteiger partial charge in [-0.05, 0) is 66.9 Å². The Balaban J connectivity index is 1.03. The third-order valence-corrected chi connectivity index (χ3v) is 10.8. The predicted octanol–water partition coefficient (Wildman–Crippen LogP) is 5.80. The topological polar surface area (TPSA) is 134 Å². The van der Waals surface area contributed by atoms with E-state index >= 15 is 0 Å². The molecule has 0 saturated carbocycles. The molecule has 7 rings (SSSR count). The maximum Gasteiger partial charge on any atom is 0.312 e. The van der Waals surface area contributed by atoms with E-state index in [2.05, 4.69) is 77.9 Å². The van der Waals surface area contributed by atoms with Crippen molar-refractivity contribution in [3.63, 3.8) is 0 Å². The number of nitrogens with one attached hydrogen (secondary N) is 1. The van der Waals surface area contributed by atoms with Gasteiger partial charge in [-0.25, -0.2) is 18.4 Å². The number of nitro benzene ring substituents is 1. The summed E-state index contributed by atoms with van der Waals surface area (Å²) in [5, 5.41) is 12.5. The van der Waals surface area contributed by atoms with Crippen LogP contribution in [0.15, 0.2) is 102 Å². The van der Waals surface area contributed by atoms with Crippen molar-refractivity contribution < 1.29 is 18.1 Å². The Morgan fingerprint density at radius 3 is 2.38 bits per heavy atom. The van der Waals surface area contributed by atoms with Crippen LogP contribution in [0, 0.1) is 10.1 Å². The molecule has 2 aliphatic heterocycles. The van der Waals surface area contributed by atoms with Gasteiger partial charge in [-0.1, -0.05) is 54.6 Å². The monoisotopic (exact) mass is 693 g/mol. The van der Waals surface area contributed by atoms with Crippen LogP contribution in [0.2, 0.25) is 0 Å². The number of fused-ring (bicyclic) bond motifs is 1. The molecule has 1 N–H and O–H groups in total. The number of likely N-dealkylation sites (tertiary alicyclic amines) is 1. The molecule has 0 amide bonds. The lowest BCUT2D eigenvalue weighted by atomic mass is 9.99. The summed E-state index contributed by atoms with van der Waals surface area (Å²) in [5.74, 6) is 0.152. The average molecular weight is 694 g/mol. The first-order chi connectivity index (χ1) is 24.2. The highest BCUT2D eigenvalue weighted by Crippen LogP contribution is 2.34. The van der Waals surface area contributed by atoms with E-state index in [0.717, 1.165) is 70.4 Å². The molecule has 0 radical (unpaired) electrons. The van der Waals surface area contributed by atoms with Crippen LogP contribution in [-0.4, -0.2) is 85.5 Å². The molecule has 2 aliphatic rings. The van der Waals surface area contributed by atoms with Crippen molar-refractivity contribution in [1.29, 1.82) is 0 Å². The van der Waals surface area contributed by atoms with E-state index in [1.807, 2.05) is 31.3 Å². The third kappa shape index (κ3) is 7.39. The fourth-order valence-corrected chi connectivity index (χ4v) is 7.71. The Labute approximate surface area is 291 Å². The summed E-state index contributed by atoms with van der Waals surface area (Å²) in [5.41, 5.74) is 4.95. The van der Waals surface area contributed by atoms with Gasteiger partial charge in [0.15, 0.2) is 11.6 Å². The first-order valence-electron chi connectivity index (χ1n) is 16.8. The van der Waals surface area contributed by atoms with Gasteiger partial charge in [-0.2, -0.15) is 0 Å². The number of hydrogen-bond donors (Lipinski definition) is 1. The number of ether oxygens (including phenoxy) is 1. The Morgan fingerprint density at radius 2 is 1.62 bits per heavy atom. The maximum atomic E-state index is 13.5. The molecule has 50 heavy (non-hydrogen) atoms. The Morgan fingerprint density at radius 1 is 0.880 bits per heavy atom. The highest BCUT2D eigenvalue weighted by atomic mass is 32.2. The molecule has 0 bridgehead atoms. The molecule has 1 aromatic heterocycles. The van der Waals surface area contributed by atoms with Crippen LogP contribution < -0.4 is 14.4 Å². The molecule has 0 atom stereocenters. The molecule has 4 aromatic carbocycles. The van der Waals surface area contributed by atoms with Crippen molar-refractivity contribution in [2.75, 3.05) is 55.9 Å². The normalized spacial score (nSPS) is 16.4. The Bertz CT molecular complexity index is 2100. The number of nitrogens with zero attached hydrogens (tertiary/aromatic N) is 6. The molecule has 258 valence electrons. The number of aromatic nitrogens is 2. The van der Waals surface area contributed by atoms with Gasteiger partial charge in [0, 0.05) is 63.0 Å². The van der Waals surface area contributed by atoms with Gasteiger partial charge in [0.2, 0.25) is 0 Å². The summed E-state index contributed by atoms with van der Waals surface area (Å²) in [7, 11) is -2.21. The first kappa shape index (κ1) is 33.4. The van der Waals surface area contributed by atoms with Crippen LogP contribution in [0.5, 0.6) is 5.75 Å². The van der Waals surface area contributed by atoms with E-state index < -0.39 is 20.6 Å². The summed E-state index contributed by atoms with van der Waals surface area (Å²) in [6.45, 7) is 5.97. The van der Waals surface area contributed by atoms with Crippen molar-refractivity contribution in [2.24, 2.45) is 0 Å². The number of hydrogen-bond acceptors (Lipinski definition) is 10. The SMILES string of the molecule is CN1CCC(Oc2ccc(S(=O)(=O)Nc3ncnc4cc(N5CCN(Cc6ccccc6-c6ccccc6)CC5)ccc34)cc2[N+](=O)[O-])CC1. The molecule has 3 heterocycles. The minimum atomic E-state index is -4.22. The number of anilines is 2. The Hall–Kier alpha value is -5.11. The highest BCUT2D eigenvalue weighted by molar-refractivity contribution is 7.92. The summed E-state index contributed by atoms with van der Waals surface area (Å²) in [6, 6.07) is 28.4. The van der Waals surface area contributed by atoms with E-state index in [4.69, 9.17) is 4.74 Å². The standard InChI is InChI=1S/C37H39N7O5S/c1-41-17-15-30(16-18-41)49-36-14-12-31(24-35(36)44(45)46)50(47,48)40-37-33-13-11-29(23-34(33)38-26-39-37)43-21-19-42(20-22-43)25-28-9-5-6-10-32(28)27-7-3-2-4-8-27/h2-14,23-24,26,30H,15-22,25H2,1H3,(H,38,39,40). The largest absolute Gasteiger partial charge is 0.483 e. The van der Waals surface area contributed by atoms with Gasteiger partial charge in [0.05, 0.1) is 15.3 Å². The lowest BCUT2D eigenvalue weighted by molar-refractivity contribution is -0.386. The minimum Gasteiger partial charge on any atom is -0.483 e. The second-order valence-electron chi connectivity index (χ2n) is 12.8. The first-order valence-corrected chi connectivity index (χ1v) is 18.2. The number of benzene rings is 4. The van der Waals surface area contributed by atoms with Crippen molar-refractivity contribution in [2.45, 2.75) is 30.4 Å². The van der Waals surface area contributed by atoms with E-state index in [9.17, 15) is 18.5 Å². The van der Waals surface area contributed by atoms with Crippen LogP contribution in [0.3, 0.4) is 0 Å². The van der Waals surface area contributed by atoms with Gasteiger partial charge in [-0.15, -0.1) is 0 Å². The molecular weight excluding hydrogens is 655 g/mol. The quantitative estimate of drug-likeness (QED) is 0.141. The molecule has 2 fully saturated rings. The summed E-state index contributed by atoms with van der Waals surface area (Å²) >= 11 is 0. The zero-order chi connectivity index (χ0) is 34.7. The molecule has 5 aromatic rings. The van der Waals surface area contributed by atoms with Crippen molar-refractivity contribution in [3.8, 4) is 16.9 Å². The zero-order valence-electron chi connectivity index (χ0n) is 27.8. The Kier molecular flexibility index (Phi) is 9.61. The summed E-state index contributed by atoms with van der Waals surface area (Å²) < 4.78 is 35.4. The predicted molar refractivity (Wildman–Crippen MR) is 194 cm³/mol. The molecular formula is C37H39N7O5S. The lowest BCUT2D eigenvalue weighted by Gasteiger charge is -2.36. The number of piperazine rings is 1. The van der Waals surface area contributed by atoms with Crippen LogP contribution in [0.25, 0.3) is 22.0 Å². The number of rotatable bonds is 10. The van der Waals surface area contributed by atoms with Crippen LogP contribution in [0.4, 0.5) is 17.2 Å². The van der Waals surface area contributed by atoms with Crippen molar-refractivity contribution >= 4 is 38.1 Å². The van der Waals surface area contributed by atoms with Crippen molar-refractivity contribution in [3.05, 3.63) is 113 Å². The second kappa shape index (κ2) is 14.4. The third-order valence-electron chi connectivity index (χ3n) is 9.48. The lowest BCUT2D eigenvalue weighted by Crippen LogP contribution is -2.46. The zero-order valence-corrected chi connectivity index (χ0v) is 28.6. The fraction of sp³-hybridized carbons (Fsp3) is 0.297. The van der Waals surface area contributed by atoms with E-state index in [0.29, 0.717) is 10.9 Å². The minimum absolute atomic E-state index is 0.0568. The van der Waals surface area contributed by atoms with Gasteiger partial charge in [0.1, 0.15) is 12.4 Å². The van der Waals surface area contributed by atoms with Crippen LogP contribution in [0.1, 0.15) is 18.4 Å². The van der Waals surface area contributed by atoms with E-state index in [1.54, 1.807) is 0 Å². The molecule has 0 spiro atoms. The van der Waals surface area contributed by atoms with Crippen LogP contribution in [-0.2, 0) is 16.6 Å². The number of nitro groups is 1. The molecule has 12 nitrogen and oxygen atoms in total. The van der Waals surface area contributed by atoms with Gasteiger partial charge in [0.25, 0.3) is 10.0 Å². The van der Waals surface area contributed by atoms with E-state index in [1.165, 1.54) is 35.2 Å². The number of piperidine rings is 1.